The fourth-order valence-electron chi connectivity index (χ4n) is 18.8. The Morgan fingerprint density at radius 1 is 0.257 bits per heavy atom. The van der Waals surface area contributed by atoms with Crippen molar-refractivity contribution in [2.24, 2.45) is 0 Å². The van der Waals surface area contributed by atoms with Crippen molar-refractivity contribution >= 4 is 224 Å². The molecule has 0 aliphatic heterocycles. The van der Waals surface area contributed by atoms with Gasteiger partial charge in [0.1, 0.15) is 5.69 Å². The number of thiophene rings is 5. The number of hydrogen-bond acceptors (Lipinski definition) is 14. The quantitative estimate of drug-likeness (QED) is 0.0975. The van der Waals surface area contributed by atoms with Crippen molar-refractivity contribution < 1.29 is 80.4 Å². The first-order valence-corrected chi connectivity index (χ1v) is 49.5. The van der Waals surface area contributed by atoms with Gasteiger partial charge in [-0.25, -0.2) is 60.6 Å². The third-order valence-corrected chi connectivity index (χ3v) is 30.2. The predicted molar refractivity (Wildman–Crippen MR) is 576 cm³/mol. The van der Waals surface area contributed by atoms with Crippen molar-refractivity contribution in [2.75, 3.05) is 4.90 Å². The second kappa shape index (κ2) is 39.6. The van der Waals surface area contributed by atoms with E-state index in [1.807, 2.05) is 70.7 Å². The Kier molecular flexibility index (Phi) is 26.7. The minimum Gasteiger partial charge on any atom is -0.293 e. The summed E-state index contributed by atoms with van der Waals surface area (Å²) in [6.07, 6.45) is 0. The second-order valence-corrected chi connectivity index (χ2v) is 40.9. The standard InChI is InChI=1S/C36H32N3S.C28H16N3S.C28H18N3S.C28H15N2S2.4Ir/c1-35(2,3)24-13-15-30-26(20-24)27-21-25(36(4,5)6)14-16-31(27)39(30)34-29-19-23-11-8-7-10-22(23)18-28(29)33(37-38-34)32-12-9-17-40-32;1-2-9-19-17-23-22(16-18(19)8-1)27(26-14-7-15-32-26)29-30-28(23)31-24-12-5-3-10-20(24)21-11-4-6-13-25(21)31;1-3-12-22(13-4-1)31(23-14-5-2-6-15-23)28-25-19-21-11-8-7-10-20(21)18-24(25)27(29-30-28)26-16-9-17-32-26;1-2-8-18-14-22-21(13-17(18)7-1)27(25-15-19-9-3-5-11-23(19)31-25)29-30-28(22)26-16-20-10-4-6-12-24(20)32-26;;;;/h7-11,13-21H,1-6H3;1-13,15-17H;1-15,17-19H;1-15H;;;;/q4*-1;;;;. The summed E-state index contributed by atoms with van der Waals surface area (Å²) < 4.78 is 7.04. The summed E-state index contributed by atoms with van der Waals surface area (Å²) in [5.74, 6) is 2.51. The number of aromatic nitrogens is 10. The van der Waals surface area contributed by atoms with Crippen LogP contribution in [-0.4, -0.2) is 49.9 Å². The maximum absolute atomic E-state index is 4.95. The summed E-state index contributed by atoms with van der Waals surface area (Å²) in [7, 11) is 0. The molecule has 0 atom stereocenters. The summed E-state index contributed by atoms with van der Waals surface area (Å²) in [6.45, 7) is 13.7. The Bertz CT molecular complexity index is 8930. The van der Waals surface area contributed by atoms with Gasteiger partial charge in [-0.05, 0) is 199 Å². The largest absolute Gasteiger partial charge is 0.293 e. The van der Waals surface area contributed by atoms with Gasteiger partial charge in [0.2, 0.25) is 0 Å². The van der Waals surface area contributed by atoms with Crippen LogP contribution in [0.25, 0.3) is 214 Å². The van der Waals surface area contributed by atoms with Crippen LogP contribution in [0.1, 0.15) is 52.7 Å². The third-order valence-electron chi connectivity index (χ3n) is 25.5. The van der Waals surface area contributed by atoms with Gasteiger partial charge in [-0.2, -0.15) is 46.6 Å². The molecule has 11 aromatic heterocycles. The van der Waals surface area contributed by atoms with Crippen molar-refractivity contribution in [3.05, 3.63) is 416 Å². The van der Waals surface area contributed by atoms with Crippen LogP contribution in [0.5, 0.6) is 0 Å². The van der Waals surface area contributed by atoms with Gasteiger partial charge in [0.25, 0.3) is 0 Å². The average molecular weight is 2610 g/mol. The molecular weight excluding hydrogens is 2520 g/mol. The van der Waals surface area contributed by atoms with Crippen molar-refractivity contribution in [1.29, 1.82) is 0 Å². The fourth-order valence-corrected chi connectivity index (χ4v) is 22.9. The summed E-state index contributed by atoms with van der Waals surface area (Å²) in [6, 6.07) is 142. The number of para-hydroxylation sites is 4. The zero-order chi connectivity index (χ0) is 91.3. The molecule has 686 valence electrons. The van der Waals surface area contributed by atoms with E-state index in [9.17, 15) is 0 Å². The average Bonchev–Trinajstić information content (AvgIpc) is 1.54. The number of hydrogen-bond donors (Lipinski definition) is 0. The smallest absolute Gasteiger partial charge is 0.165 e. The second-order valence-electron chi connectivity index (χ2n) is 36.1. The minimum atomic E-state index is 0. The van der Waals surface area contributed by atoms with Gasteiger partial charge < -0.3 is 0 Å². The Morgan fingerprint density at radius 2 is 0.586 bits per heavy atom. The molecule has 0 bridgehead atoms. The summed E-state index contributed by atoms with van der Waals surface area (Å²) >= 11 is 8.41. The molecule has 0 fully saturated rings. The zero-order valence-corrected chi connectivity index (χ0v) is 89.8. The summed E-state index contributed by atoms with van der Waals surface area (Å²) in [5.41, 5.74) is 13.9. The molecule has 27 aromatic rings. The Balaban J connectivity index is 0.000000114. The van der Waals surface area contributed by atoms with Gasteiger partial charge >= 0.3 is 0 Å². The molecular formula is C120H81Ir4N11S5-4. The third kappa shape index (κ3) is 17.6. The van der Waals surface area contributed by atoms with Crippen molar-refractivity contribution in [2.45, 2.75) is 52.4 Å². The van der Waals surface area contributed by atoms with Gasteiger partial charge in [0.15, 0.2) is 17.5 Å². The topological polar surface area (TPSA) is 116 Å². The first-order valence-electron chi connectivity index (χ1n) is 45.2. The van der Waals surface area contributed by atoms with Crippen LogP contribution in [0.3, 0.4) is 0 Å². The van der Waals surface area contributed by atoms with Crippen molar-refractivity contribution in [3.63, 3.8) is 0 Å². The van der Waals surface area contributed by atoms with Crippen molar-refractivity contribution in [1.82, 2.24) is 49.9 Å². The number of rotatable bonds is 10. The normalized spacial score (nSPS) is 11.6. The molecule has 0 amide bonds. The maximum atomic E-state index is 4.95. The summed E-state index contributed by atoms with van der Waals surface area (Å²) in [5, 5.41) is 70.1. The molecule has 11 heterocycles. The number of anilines is 3. The first-order chi connectivity index (χ1) is 66.7. The molecule has 0 spiro atoms. The predicted octanol–water partition coefficient (Wildman–Crippen LogP) is 33.5. The number of benzene rings is 16. The first kappa shape index (κ1) is 94.5. The van der Waals surface area contributed by atoms with Crippen LogP contribution in [0.2, 0.25) is 0 Å². The van der Waals surface area contributed by atoms with E-state index in [2.05, 4.69) is 389 Å². The molecule has 0 saturated carbocycles. The van der Waals surface area contributed by atoms with Crippen LogP contribution in [-0.2, 0) is 91.3 Å². The molecule has 0 aliphatic rings. The molecule has 0 aliphatic carbocycles. The van der Waals surface area contributed by atoms with Crippen LogP contribution in [0, 0.1) is 24.3 Å². The van der Waals surface area contributed by atoms with E-state index in [1.165, 1.54) is 90.5 Å². The van der Waals surface area contributed by atoms with E-state index in [0.29, 0.717) is 0 Å². The minimum absolute atomic E-state index is 0. The molecule has 27 rings (SSSR count). The SMILES string of the molecule is CC(C)(C)c1ccc2c(c1)c1cc(C(C)(C)C)ccc1n2-c1nnc(-c2[c-]ccs2)c2cc3ccccc3cc12.[Ir].[Ir].[Ir].[Ir].[c-]1c(-c2nnc(-c3cc4ccccc4s3)c3cc4ccccc4cc23)sc2ccccc12.[c-]1ccsc1-c1nnc(-n2c3ccccc3c3ccccc32)c2cc3ccccc3cc12.[c-]1ccsc1-c1nnc(N(c2ccccc2)c2ccccc2)c2cc3ccccc3cc12. The Labute approximate surface area is 882 Å². The van der Waals surface area contributed by atoms with E-state index < -0.39 is 0 Å². The van der Waals surface area contributed by atoms with Gasteiger partial charge in [0, 0.05) is 162 Å². The number of nitrogens with zero attached hydrogens (tertiary/aromatic N) is 11. The van der Waals surface area contributed by atoms with E-state index in [4.69, 9.17) is 40.8 Å². The molecule has 0 unspecified atom stereocenters. The molecule has 11 nitrogen and oxygen atoms in total. The fraction of sp³-hybridized carbons (Fsp3) is 0.0667. The monoisotopic (exact) mass is 2610 g/mol. The Hall–Kier alpha value is -13.1. The van der Waals surface area contributed by atoms with Gasteiger partial charge in [-0.3, -0.25) is 14.0 Å². The van der Waals surface area contributed by atoms with Gasteiger partial charge in [-0.1, -0.05) is 293 Å². The van der Waals surface area contributed by atoms with E-state index in [0.717, 1.165) is 152 Å². The van der Waals surface area contributed by atoms with E-state index >= 15 is 0 Å². The number of fused-ring (bicyclic) bond motifs is 16. The molecule has 140 heavy (non-hydrogen) atoms. The van der Waals surface area contributed by atoms with Crippen LogP contribution >= 0.6 is 56.7 Å². The van der Waals surface area contributed by atoms with Crippen molar-refractivity contribution in [3.8, 4) is 64.5 Å². The maximum Gasteiger partial charge on any atom is 0.165 e. The molecule has 16 aromatic carbocycles. The zero-order valence-electron chi connectivity index (χ0n) is 76.2. The van der Waals surface area contributed by atoms with E-state index in [1.54, 1.807) is 56.7 Å². The van der Waals surface area contributed by atoms with E-state index in [-0.39, 0.29) is 91.3 Å². The molecule has 4 radical (unpaired) electrons. The van der Waals surface area contributed by atoms with Crippen LogP contribution in [0.15, 0.2) is 380 Å². The van der Waals surface area contributed by atoms with Crippen LogP contribution in [0.4, 0.5) is 17.2 Å². The Morgan fingerprint density at radius 3 is 1.00 bits per heavy atom. The van der Waals surface area contributed by atoms with Crippen LogP contribution < -0.4 is 4.90 Å². The molecule has 0 saturated heterocycles. The molecule has 0 N–H and O–H groups in total. The summed E-state index contributed by atoms with van der Waals surface area (Å²) in [4.78, 5) is 7.35. The van der Waals surface area contributed by atoms with Gasteiger partial charge in [-0.15, -0.1) is 66.4 Å². The van der Waals surface area contributed by atoms with Gasteiger partial charge in [0.05, 0.1) is 26.9 Å². The molecule has 20 heteroatoms.